The number of carbonyl (C=O) groups excluding carboxylic acids is 1. The van der Waals surface area contributed by atoms with Gasteiger partial charge in [-0.25, -0.2) is 4.79 Å². The van der Waals surface area contributed by atoms with E-state index in [1.54, 1.807) is 0 Å². The zero-order valence-electron chi connectivity index (χ0n) is 9.72. The van der Waals surface area contributed by atoms with Crippen LogP contribution >= 0.6 is 22.6 Å². The van der Waals surface area contributed by atoms with E-state index in [9.17, 15) is 9.90 Å². The molecule has 5 heteroatoms. The third-order valence-electron chi connectivity index (χ3n) is 2.19. The summed E-state index contributed by atoms with van der Waals surface area (Å²) < 4.78 is 10.8. The second-order valence-corrected chi connectivity index (χ2v) is 4.70. The van der Waals surface area contributed by atoms with E-state index in [0.717, 1.165) is 9.13 Å². The molecule has 1 aromatic rings. The van der Waals surface area contributed by atoms with Crippen LogP contribution in [0.1, 0.15) is 12.5 Å². The molecular weight excluding hydrogens is 335 g/mol. The van der Waals surface area contributed by atoms with Gasteiger partial charge >= 0.3 is 5.97 Å². The van der Waals surface area contributed by atoms with Gasteiger partial charge in [-0.3, -0.25) is 0 Å². The summed E-state index contributed by atoms with van der Waals surface area (Å²) in [6, 6.07) is 7.69. The van der Waals surface area contributed by atoms with Crippen molar-refractivity contribution in [2.45, 2.75) is 25.7 Å². The Balaban J connectivity index is 2.79. The van der Waals surface area contributed by atoms with Gasteiger partial charge in [-0.1, -0.05) is 18.2 Å². The summed E-state index contributed by atoms with van der Waals surface area (Å²) in [7, 11) is 1.30. The van der Waals surface area contributed by atoms with Crippen LogP contribution in [0.25, 0.3) is 0 Å². The summed E-state index contributed by atoms with van der Waals surface area (Å²) in [5, 5.41) is 9.18. The Labute approximate surface area is 114 Å². The van der Waals surface area contributed by atoms with Gasteiger partial charge in [0.1, 0.15) is 0 Å². The monoisotopic (exact) mass is 350 g/mol. The second kappa shape index (κ2) is 6.93. The van der Waals surface area contributed by atoms with E-state index >= 15 is 0 Å². The standard InChI is InChI=1S/C12H15IO4/c1-8(14)17-11(12(15)16-2)7-9-5-3-4-6-10(9)13/h3-6,8,11,14H,7H2,1-2H3/t8?,11-/m1/s1. The number of aliphatic hydroxyl groups is 1. The number of hydrogen-bond donors (Lipinski definition) is 1. The lowest BCUT2D eigenvalue weighted by Crippen LogP contribution is -2.31. The number of halogens is 1. The highest BCUT2D eigenvalue weighted by Gasteiger charge is 2.23. The van der Waals surface area contributed by atoms with Gasteiger partial charge in [0, 0.05) is 9.99 Å². The molecule has 0 radical (unpaired) electrons. The largest absolute Gasteiger partial charge is 0.467 e. The number of ether oxygens (including phenoxy) is 2. The fourth-order valence-electron chi connectivity index (χ4n) is 1.42. The first-order chi connectivity index (χ1) is 8.04. The first-order valence-electron chi connectivity index (χ1n) is 5.19. The van der Waals surface area contributed by atoms with Crippen LogP contribution in [0, 0.1) is 3.57 Å². The van der Waals surface area contributed by atoms with Crippen molar-refractivity contribution in [2.75, 3.05) is 7.11 Å². The Hall–Kier alpha value is -0.660. The number of aliphatic hydroxyl groups excluding tert-OH is 1. The first kappa shape index (κ1) is 14.4. The number of hydrogen-bond acceptors (Lipinski definition) is 4. The normalized spacial score (nSPS) is 14.1. The maximum atomic E-state index is 11.5. The van der Waals surface area contributed by atoms with Gasteiger partial charge in [0.15, 0.2) is 12.4 Å². The number of carbonyl (C=O) groups is 1. The van der Waals surface area contributed by atoms with Crippen molar-refractivity contribution in [1.82, 2.24) is 0 Å². The van der Waals surface area contributed by atoms with Crippen LogP contribution in [0.15, 0.2) is 24.3 Å². The molecule has 0 saturated heterocycles. The predicted molar refractivity (Wildman–Crippen MR) is 71.4 cm³/mol. The molecule has 0 aliphatic carbocycles. The van der Waals surface area contributed by atoms with Crippen LogP contribution in [0.3, 0.4) is 0 Å². The highest BCUT2D eigenvalue weighted by atomic mass is 127. The minimum Gasteiger partial charge on any atom is -0.467 e. The number of rotatable bonds is 5. The van der Waals surface area contributed by atoms with Gasteiger partial charge in [0.2, 0.25) is 0 Å². The molecule has 94 valence electrons. The number of benzene rings is 1. The molecule has 0 heterocycles. The minimum atomic E-state index is -1.000. The van der Waals surface area contributed by atoms with Crippen molar-refractivity contribution in [3.8, 4) is 0 Å². The van der Waals surface area contributed by atoms with E-state index < -0.39 is 18.4 Å². The molecule has 0 amide bonds. The molecule has 0 aliphatic heterocycles. The molecule has 17 heavy (non-hydrogen) atoms. The Bertz CT molecular complexity index is 379. The molecule has 0 fully saturated rings. The lowest BCUT2D eigenvalue weighted by atomic mass is 10.1. The van der Waals surface area contributed by atoms with Crippen LogP contribution in [0.4, 0.5) is 0 Å². The second-order valence-electron chi connectivity index (χ2n) is 3.54. The predicted octanol–water partition coefficient (Wildman–Crippen LogP) is 1.73. The van der Waals surface area contributed by atoms with Gasteiger partial charge in [0.05, 0.1) is 7.11 Å². The Morgan fingerprint density at radius 1 is 1.47 bits per heavy atom. The van der Waals surface area contributed by atoms with Gasteiger partial charge in [-0.05, 0) is 41.1 Å². The molecule has 1 N–H and O–H groups in total. The van der Waals surface area contributed by atoms with Gasteiger partial charge in [-0.2, -0.15) is 0 Å². The SMILES string of the molecule is COC(=O)[C@@H](Cc1ccccc1I)OC(C)O. The summed E-state index contributed by atoms with van der Waals surface area (Å²) in [6.45, 7) is 1.46. The zero-order chi connectivity index (χ0) is 12.8. The molecular formula is C12H15IO4. The van der Waals surface area contributed by atoms with Crippen molar-refractivity contribution in [2.24, 2.45) is 0 Å². The van der Waals surface area contributed by atoms with Crippen molar-refractivity contribution in [3.63, 3.8) is 0 Å². The van der Waals surface area contributed by atoms with E-state index in [-0.39, 0.29) is 0 Å². The van der Waals surface area contributed by atoms with E-state index in [1.165, 1.54) is 14.0 Å². The zero-order valence-corrected chi connectivity index (χ0v) is 11.9. The average Bonchev–Trinajstić information content (AvgIpc) is 2.29. The average molecular weight is 350 g/mol. The summed E-state index contributed by atoms with van der Waals surface area (Å²) in [6.07, 6.45) is -1.40. The van der Waals surface area contributed by atoms with Crippen molar-refractivity contribution in [1.29, 1.82) is 0 Å². The van der Waals surface area contributed by atoms with E-state index in [4.69, 9.17) is 4.74 Å². The lowest BCUT2D eigenvalue weighted by molar-refractivity contribution is -0.173. The van der Waals surface area contributed by atoms with Crippen LogP contribution in [0.2, 0.25) is 0 Å². The number of methoxy groups -OCH3 is 1. The van der Waals surface area contributed by atoms with Crippen molar-refractivity contribution >= 4 is 28.6 Å². The Morgan fingerprint density at radius 2 is 2.12 bits per heavy atom. The van der Waals surface area contributed by atoms with Crippen LogP contribution in [0.5, 0.6) is 0 Å². The fourth-order valence-corrected chi connectivity index (χ4v) is 2.03. The third kappa shape index (κ3) is 4.61. The molecule has 1 unspecified atom stereocenters. The molecule has 0 aliphatic rings. The van der Waals surface area contributed by atoms with Gasteiger partial charge in [-0.15, -0.1) is 0 Å². The van der Waals surface area contributed by atoms with E-state index in [2.05, 4.69) is 27.3 Å². The van der Waals surface area contributed by atoms with Crippen LogP contribution in [-0.4, -0.2) is 30.6 Å². The smallest absolute Gasteiger partial charge is 0.335 e. The molecule has 0 spiro atoms. The lowest BCUT2D eigenvalue weighted by Gasteiger charge is -2.18. The molecule has 1 rings (SSSR count). The maximum Gasteiger partial charge on any atom is 0.335 e. The molecule has 2 atom stereocenters. The molecule has 0 saturated carbocycles. The fraction of sp³-hybridized carbons (Fsp3) is 0.417. The summed E-state index contributed by atoms with van der Waals surface area (Å²) in [5.74, 6) is -0.481. The molecule has 0 bridgehead atoms. The highest BCUT2D eigenvalue weighted by molar-refractivity contribution is 14.1. The van der Waals surface area contributed by atoms with Gasteiger partial charge in [0.25, 0.3) is 0 Å². The quantitative estimate of drug-likeness (QED) is 0.499. The molecule has 4 nitrogen and oxygen atoms in total. The Kier molecular flexibility index (Phi) is 5.87. The Morgan fingerprint density at radius 3 is 2.65 bits per heavy atom. The van der Waals surface area contributed by atoms with E-state index in [1.807, 2.05) is 24.3 Å². The summed E-state index contributed by atoms with van der Waals surface area (Å²) >= 11 is 2.19. The first-order valence-corrected chi connectivity index (χ1v) is 6.27. The van der Waals surface area contributed by atoms with Crippen LogP contribution in [-0.2, 0) is 20.7 Å². The summed E-state index contributed by atoms with van der Waals surface area (Å²) in [5.41, 5.74) is 0.990. The van der Waals surface area contributed by atoms with Crippen molar-refractivity contribution in [3.05, 3.63) is 33.4 Å². The van der Waals surface area contributed by atoms with Crippen LogP contribution < -0.4 is 0 Å². The number of esters is 1. The van der Waals surface area contributed by atoms with E-state index in [0.29, 0.717) is 6.42 Å². The topological polar surface area (TPSA) is 55.8 Å². The third-order valence-corrected chi connectivity index (χ3v) is 3.24. The van der Waals surface area contributed by atoms with Gasteiger partial charge < -0.3 is 14.6 Å². The molecule has 0 aromatic heterocycles. The minimum absolute atomic E-state index is 0.386. The summed E-state index contributed by atoms with van der Waals surface area (Å²) in [4.78, 5) is 11.5. The maximum absolute atomic E-state index is 11.5. The molecule has 1 aromatic carbocycles. The highest BCUT2D eigenvalue weighted by Crippen LogP contribution is 2.16. The van der Waals surface area contributed by atoms with Crippen molar-refractivity contribution < 1.29 is 19.4 Å².